The summed E-state index contributed by atoms with van der Waals surface area (Å²) >= 11 is 3.20. The monoisotopic (exact) mass is 467 g/mol. The minimum atomic E-state index is -4.10. The molecular formula is C19H18BrNO6S. The number of hydrogen-bond acceptors (Lipinski definition) is 5. The highest BCUT2D eigenvalue weighted by atomic mass is 79.9. The third-order valence-electron chi connectivity index (χ3n) is 4.97. The van der Waals surface area contributed by atoms with Crippen molar-refractivity contribution >= 4 is 31.9 Å². The van der Waals surface area contributed by atoms with Gasteiger partial charge < -0.3 is 14.6 Å². The standard InChI is InChI=1S/C19H18BrNO6S/c20-11-4-1-5-12(10-11)28(24,25)21-18(19(22)23)27-16-9-3-7-14-13-6-2-8-15(13)26-17(14)16/h1,3-5,7,9-10,13,15,18,21H,2,6,8H2,(H,22,23). The predicted molar refractivity (Wildman–Crippen MR) is 104 cm³/mol. The number of carboxylic acid groups (broad SMARTS) is 1. The molecule has 7 nitrogen and oxygen atoms in total. The van der Waals surface area contributed by atoms with Crippen molar-refractivity contribution in [2.45, 2.75) is 42.4 Å². The van der Waals surface area contributed by atoms with E-state index in [2.05, 4.69) is 20.7 Å². The van der Waals surface area contributed by atoms with Crippen LogP contribution in [-0.2, 0) is 14.8 Å². The second kappa shape index (κ2) is 7.38. The lowest BCUT2D eigenvalue weighted by Gasteiger charge is -2.19. The molecule has 2 N–H and O–H groups in total. The van der Waals surface area contributed by atoms with E-state index in [1.807, 2.05) is 6.07 Å². The molecule has 1 aliphatic carbocycles. The summed E-state index contributed by atoms with van der Waals surface area (Å²) in [6.45, 7) is 0. The van der Waals surface area contributed by atoms with Crippen molar-refractivity contribution in [2.24, 2.45) is 0 Å². The predicted octanol–water partition coefficient (Wildman–Crippen LogP) is 3.25. The summed E-state index contributed by atoms with van der Waals surface area (Å²) in [5.74, 6) is -0.448. The van der Waals surface area contributed by atoms with Gasteiger partial charge in [0.2, 0.25) is 10.0 Å². The van der Waals surface area contributed by atoms with E-state index in [0.29, 0.717) is 10.2 Å². The molecule has 3 atom stereocenters. The van der Waals surface area contributed by atoms with Gasteiger partial charge >= 0.3 is 5.97 Å². The van der Waals surface area contributed by atoms with E-state index in [9.17, 15) is 18.3 Å². The highest BCUT2D eigenvalue weighted by Crippen LogP contribution is 2.50. The minimum Gasteiger partial charge on any atom is -0.486 e. The largest absolute Gasteiger partial charge is 0.486 e. The lowest BCUT2D eigenvalue weighted by atomic mass is 9.97. The lowest BCUT2D eigenvalue weighted by molar-refractivity contribution is -0.145. The summed E-state index contributed by atoms with van der Waals surface area (Å²) < 4.78 is 39.3. The third-order valence-corrected chi connectivity index (χ3v) is 6.86. The molecule has 4 rings (SSSR count). The second-order valence-corrected chi connectivity index (χ2v) is 9.41. The number of hydrogen-bond donors (Lipinski definition) is 2. The van der Waals surface area contributed by atoms with Crippen molar-refractivity contribution in [3.05, 3.63) is 52.5 Å². The molecule has 0 aromatic heterocycles. The van der Waals surface area contributed by atoms with Crippen LogP contribution in [0.5, 0.6) is 11.5 Å². The van der Waals surface area contributed by atoms with E-state index in [1.54, 1.807) is 24.3 Å². The van der Waals surface area contributed by atoms with Gasteiger partial charge in [-0.15, -0.1) is 0 Å². The van der Waals surface area contributed by atoms with Crippen LogP contribution in [-0.4, -0.2) is 31.8 Å². The highest BCUT2D eigenvalue weighted by Gasteiger charge is 2.40. The fraction of sp³-hybridized carbons (Fsp3) is 0.316. The number of para-hydroxylation sites is 1. The number of sulfonamides is 1. The Bertz CT molecular complexity index is 1020. The Kier molecular flexibility index (Phi) is 5.07. The summed E-state index contributed by atoms with van der Waals surface area (Å²) in [6, 6.07) is 11.3. The van der Waals surface area contributed by atoms with Crippen molar-refractivity contribution in [1.29, 1.82) is 0 Å². The zero-order valence-corrected chi connectivity index (χ0v) is 17.1. The van der Waals surface area contributed by atoms with E-state index in [0.717, 1.165) is 24.8 Å². The average molecular weight is 468 g/mol. The zero-order chi connectivity index (χ0) is 19.9. The van der Waals surface area contributed by atoms with Crippen LogP contribution >= 0.6 is 15.9 Å². The van der Waals surface area contributed by atoms with Crippen LogP contribution < -0.4 is 14.2 Å². The molecule has 2 aromatic rings. The van der Waals surface area contributed by atoms with Crippen LogP contribution in [0.25, 0.3) is 0 Å². The zero-order valence-electron chi connectivity index (χ0n) is 14.7. The first-order chi connectivity index (χ1) is 13.3. The molecule has 1 saturated carbocycles. The molecule has 0 spiro atoms. The second-order valence-electron chi connectivity index (χ2n) is 6.78. The minimum absolute atomic E-state index is 0.0687. The fourth-order valence-corrected chi connectivity index (χ4v) is 5.37. The van der Waals surface area contributed by atoms with Gasteiger partial charge in [-0.25, -0.2) is 13.2 Å². The van der Waals surface area contributed by atoms with Gasteiger partial charge in [0.25, 0.3) is 6.23 Å². The first-order valence-corrected chi connectivity index (χ1v) is 11.1. The van der Waals surface area contributed by atoms with Crippen LogP contribution in [0.1, 0.15) is 30.7 Å². The molecule has 1 heterocycles. The maximum Gasteiger partial charge on any atom is 0.361 e. The summed E-state index contributed by atoms with van der Waals surface area (Å²) in [5.41, 5.74) is 0.985. The van der Waals surface area contributed by atoms with Crippen LogP contribution in [0.3, 0.4) is 0 Å². The molecule has 1 aliphatic heterocycles. The number of carbonyl (C=O) groups is 1. The molecule has 2 aliphatic rings. The fourth-order valence-electron chi connectivity index (χ4n) is 3.71. The number of carboxylic acids is 1. The van der Waals surface area contributed by atoms with Crippen molar-refractivity contribution in [3.63, 3.8) is 0 Å². The molecule has 0 radical (unpaired) electrons. The van der Waals surface area contributed by atoms with Gasteiger partial charge in [-0.2, -0.15) is 4.72 Å². The first-order valence-electron chi connectivity index (χ1n) is 8.82. The number of fused-ring (bicyclic) bond motifs is 3. The van der Waals surface area contributed by atoms with Gasteiger partial charge in [0.05, 0.1) is 4.90 Å². The number of benzene rings is 2. The first kappa shape index (κ1) is 19.2. The Balaban J connectivity index is 1.59. The van der Waals surface area contributed by atoms with E-state index >= 15 is 0 Å². The van der Waals surface area contributed by atoms with Crippen molar-refractivity contribution < 1.29 is 27.8 Å². The number of rotatable bonds is 6. The van der Waals surface area contributed by atoms with Crippen molar-refractivity contribution in [1.82, 2.24) is 4.72 Å². The Labute approximate surface area is 170 Å². The highest BCUT2D eigenvalue weighted by molar-refractivity contribution is 9.10. The maximum atomic E-state index is 12.6. The third kappa shape index (κ3) is 3.61. The van der Waals surface area contributed by atoms with Crippen molar-refractivity contribution in [3.8, 4) is 11.5 Å². The number of halogens is 1. The summed E-state index contributed by atoms with van der Waals surface area (Å²) in [5, 5.41) is 9.51. The SMILES string of the molecule is O=C(O)C(NS(=O)(=O)c1cccc(Br)c1)Oc1cccc2c1OC1CCCC21. The Morgan fingerprint density at radius 2 is 2.04 bits per heavy atom. The van der Waals surface area contributed by atoms with Gasteiger partial charge in [0.15, 0.2) is 11.5 Å². The number of aliphatic carboxylic acids is 1. The van der Waals surface area contributed by atoms with E-state index in [4.69, 9.17) is 9.47 Å². The average Bonchev–Trinajstić information content (AvgIpc) is 3.23. The Morgan fingerprint density at radius 3 is 2.79 bits per heavy atom. The number of ether oxygens (including phenoxy) is 2. The van der Waals surface area contributed by atoms with Gasteiger partial charge in [-0.1, -0.05) is 34.1 Å². The molecule has 9 heteroatoms. The van der Waals surface area contributed by atoms with Crippen LogP contribution in [0, 0.1) is 0 Å². The molecule has 0 saturated heterocycles. The Morgan fingerprint density at radius 1 is 1.25 bits per heavy atom. The molecule has 0 bridgehead atoms. The molecule has 1 fully saturated rings. The molecule has 28 heavy (non-hydrogen) atoms. The van der Waals surface area contributed by atoms with Gasteiger partial charge in [-0.05, 0) is 43.5 Å². The molecule has 2 aromatic carbocycles. The molecule has 3 unspecified atom stereocenters. The lowest BCUT2D eigenvalue weighted by Crippen LogP contribution is -2.44. The summed E-state index contributed by atoms with van der Waals surface area (Å²) in [7, 11) is -4.10. The van der Waals surface area contributed by atoms with E-state index in [-0.39, 0.29) is 22.7 Å². The van der Waals surface area contributed by atoms with Crippen LogP contribution in [0.2, 0.25) is 0 Å². The maximum absolute atomic E-state index is 12.6. The van der Waals surface area contributed by atoms with Gasteiger partial charge in [0, 0.05) is 16.0 Å². The van der Waals surface area contributed by atoms with Crippen LogP contribution in [0.15, 0.2) is 51.8 Å². The van der Waals surface area contributed by atoms with E-state index < -0.39 is 22.2 Å². The molecular weight excluding hydrogens is 450 g/mol. The van der Waals surface area contributed by atoms with Gasteiger partial charge in [-0.3, -0.25) is 0 Å². The summed E-state index contributed by atoms with van der Waals surface area (Å²) in [6.07, 6.45) is 1.32. The van der Waals surface area contributed by atoms with Crippen molar-refractivity contribution in [2.75, 3.05) is 0 Å². The Hall–Kier alpha value is -2.10. The van der Waals surface area contributed by atoms with Crippen LogP contribution in [0.4, 0.5) is 0 Å². The quantitative estimate of drug-likeness (QED) is 0.632. The van der Waals surface area contributed by atoms with E-state index in [1.165, 1.54) is 12.1 Å². The molecule has 148 valence electrons. The molecule has 0 amide bonds. The topological polar surface area (TPSA) is 102 Å². The van der Waals surface area contributed by atoms with Gasteiger partial charge in [0.1, 0.15) is 6.10 Å². The number of nitrogens with one attached hydrogen (secondary N) is 1. The smallest absolute Gasteiger partial charge is 0.361 e. The normalized spacial score (nSPS) is 21.5. The summed E-state index contributed by atoms with van der Waals surface area (Å²) in [4.78, 5) is 11.6.